The van der Waals surface area contributed by atoms with Gasteiger partial charge in [-0.2, -0.15) is 0 Å². The van der Waals surface area contributed by atoms with E-state index < -0.39 is 11.4 Å². The van der Waals surface area contributed by atoms with Crippen LogP contribution in [0.4, 0.5) is 4.39 Å². The Hall–Kier alpha value is -0.580. The normalized spacial score (nSPS) is 15.7. The minimum absolute atomic E-state index is 0.262. The zero-order chi connectivity index (χ0) is 13.2. The Morgan fingerprint density at radius 3 is 2.47 bits per heavy atom. The minimum atomic E-state index is -1.20. The summed E-state index contributed by atoms with van der Waals surface area (Å²) in [6.45, 7) is 9.39. The van der Waals surface area contributed by atoms with Gasteiger partial charge < -0.3 is 4.55 Å². The molecule has 17 heavy (non-hydrogen) atoms. The van der Waals surface area contributed by atoms with Crippen LogP contribution < -0.4 is 4.72 Å². The molecule has 0 fully saturated rings. The molecule has 0 aliphatic heterocycles. The van der Waals surface area contributed by atoms with Crippen molar-refractivity contribution >= 4 is 11.4 Å². The quantitative estimate of drug-likeness (QED) is 0.844. The zero-order valence-electron chi connectivity index (χ0n) is 11.0. The molecule has 1 rings (SSSR count). The highest BCUT2D eigenvalue weighted by atomic mass is 32.2. The monoisotopic (exact) mass is 257 g/mol. The van der Waals surface area contributed by atoms with Gasteiger partial charge in [0.05, 0.1) is 6.04 Å². The summed E-state index contributed by atoms with van der Waals surface area (Å²) in [4.78, 5) is 0. The Morgan fingerprint density at radius 2 is 1.94 bits per heavy atom. The molecule has 2 atom stereocenters. The van der Waals surface area contributed by atoms with Crippen molar-refractivity contribution in [1.82, 2.24) is 4.72 Å². The molecule has 0 saturated carbocycles. The van der Waals surface area contributed by atoms with E-state index >= 15 is 0 Å². The predicted molar refractivity (Wildman–Crippen MR) is 70.6 cm³/mol. The molecule has 1 N–H and O–H groups in total. The molecule has 0 aromatic heterocycles. The zero-order valence-corrected chi connectivity index (χ0v) is 11.8. The first-order valence-corrected chi connectivity index (χ1v) is 6.81. The second-order valence-electron chi connectivity index (χ2n) is 5.25. The maximum Gasteiger partial charge on any atom is 0.136 e. The summed E-state index contributed by atoms with van der Waals surface area (Å²) >= 11 is -1.20. The molecular formula is C13H20FNOS. The van der Waals surface area contributed by atoms with Crippen LogP contribution in [0.25, 0.3) is 0 Å². The van der Waals surface area contributed by atoms with E-state index in [0.717, 1.165) is 5.56 Å². The average Bonchev–Trinajstić information content (AvgIpc) is 2.20. The van der Waals surface area contributed by atoms with Crippen molar-refractivity contribution in [3.63, 3.8) is 0 Å². The number of hydrogen-bond donors (Lipinski definition) is 1. The van der Waals surface area contributed by atoms with Gasteiger partial charge in [-0.25, -0.2) is 4.39 Å². The number of benzene rings is 1. The SMILES string of the molecule is Cc1ccc(F)c([C@H](C)N[S+]([O-])C(C)(C)C)c1. The van der Waals surface area contributed by atoms with E-state index in [4.69, 9.17) is 0 Å². The molecule has 4 heteroatoms. The van der Waals surface area contributed by atoms with Crippen LogP contribution in [-0.4, -0.2) is 9.30 Å². The lowest BCUT2D eigenvalue weighted by Crippen LogP contribution is -2.40. The van der Waals surface area contributed by atoms with E-state index in [0.29, 0.717) is 5.56 Å². The third-order valence-electron chi connectivity index (χ3n) is 2.46. The molecule has 0 amide bonds. The predicted octanol–water partition coefficient (Wildman–Crippen LogP) is 3.25. The molecule has 0 radical (unpaired) electrons. The first-order valence-electron chi connectivity index (χ1n) is 5.66. The Morgan fingerprint density at radius 1 is 1.35 bits per heavy atom. The van der Waals surface area contributed by atoms with E-state index in [-0.39, 0.29) is 16.6 Å². The van der Waals surface area contributed by atoms with E-state index in [1.807, 2.05) is 34.6 Å². The molecule has 0 aliphatic rings. The molecule has 1 unspecified atom stereocenters. The molecule has 0 bridgehead atoms. The van der Waals surface area contributed by atoms with Crippen LogP contribution in [0.15, 0.2) is 18.2 Å². The summed E-state index contributed by atoms with van der Waals surface area (Å²) in [5.41, 5.74) is 1.55. The highest BCUT2D eigenvalue weighted by molar-refractivity contribution is 7.90. The molecule has 1 aromatic carbocycles. The summed E-state index contributed by atoms with van der Waals surface area (Å²) in [5, 5.41) is 0. The van der Waals surface area contributed by atoms with Crippen LogP contribution in [-0.2, 0) is 11.4 Å². The number of halogens is 1. The van der Waals surface area contributed by atoms with Crippen molar-refractivity contribution in [2.75, 3.05) is 0 Å². The fourth-order valence-electron chi connectivity index (χ4n) is 1.40. The van der Waals surface area contributed by atoms with E-state index in [2.05, 4.69) is 4.72 Å². The van der Waals surface area contributed by atoms with Crippen LogP contribution >= 0.6 is 0 Å². The van der Waals surface area contributed by atoms with Crippen molar-refractivity contribution in [2.45, 2.75) is 45.4 Å². The first kappa shape index (κ1) is 14.5. The lowest BCUT2D eigenvalue weighted by Gasteiger charge is -2.26. The van der Waals surface area contributed by atoms with Crippen molar-refractivity contribution in [3.05, 3.63) is 35.1 Å². The first-order chi connectivity index (χ1) is 7.71. The molecule has 0 heterocycles. The minimum Gasteiger partial charge on any atom is -0.598 e. The van der Waals surface area contributed by atoms with Gasteiger partial charge in [-0.15, -0.1) is 4.72 Å². The number of aryl methyl sites for hydroxylation is 1. The average molecular weight is 257 g/mol. The number of rotatable bonds is 3. The van der Waals surface area contributed by atoms with E-state index in [1.165, 1.54) is 6.07 Å². The summed E-state index contributed by atoms with van der Waals surface area (Å²) in [6, 6.07) is 4.69. The maximum atomic E-state index is 13.6. The van der Waals surface area contributed by atoms with Gasteiger partial charge in [0.2, 0.25) is 0 Å². The van der Waals surface area contributed by atoms with E-state index in [1.54, 1.807) is 12.1 Å². The number of hydrogen-bond acceptors (Lipinski definition) is 2. The van der Waals surface area contributed by atoms with E-state index in [9.17, 15) is 8.94 Å². The smallest absolute Gasteiger partial charge is 0.136 e. The number of nitrogens with one attached hydrogen (secondary N) is 1. The van der Waals surface area contributed by atoms with Gasteiger partial charge in [0.25, 0.3) is 0 Å². The molecule has 0 aliphatic carbocycles. The summed E-state index contributed by atoms with van der Waals surface area (Å²) in [7, 11) is 0. The third-order valence-corrected chi connectivity index (χ3v) is 4.14. The fraction of sp³-hybridized carbons (Fsp3) is 0.538. The van der Waals surface area contributed by atoms with Crippen molar-refractivity contribution in [3.8, 4) is 0 Å². The van der Waals surface area contributed by atoms with Gasteiger partial charge in [-0.1, -0.05) is 17.7 Å². The molecule has 0 saturated heterocycles. The second-order valence-corrected chi connectivity index (χ2v) is 7.24. The van der Waals surface area contributed by atoms with Gasteiger partial charge >= 0.3 is 0 Å². The summed E-state index contributed by atoms with van der Waals surface area (Å²) in [6.07, 6.45) is 0. The van der Waals surface area contributed by atoms with Gasteiger partial charge in [0.1, 0.15) is 10.6 Å². The van der Waals surface area contributed by atoms with Crippen LogP contribution in [0.3, 0.4) is 0 Å². The largest absolute Gasteiger partial charge is 0.598 e. The highest BCUT2D eigenvalue weighted by Gasteiger charge is 2.28. The lowest BCUT2D eigenvalue weighted by molar-refractivity contribution is 0.522. The molecular weight excluding hydrogens is 237 g/mol. The maximum absolute atomic E-state index is 13.6. The fourth-order valence-corrected chi connectivity index (χ4v) is 2.20. The highest BCUT2D eigenvalue weighted by Crippen LogP contribution is 2.22. The molecule has 96 valence electrons. The topological polar surface area (TPSA) is 35.1 Å². The molecule has 2 nitrogen and oxygen atoms in total. The second kappa shape index (κ2) is 5.38. The third kappa shape index (κ3) is 3.98. The van der Waals surface area contributed by atoms with Crippen molar-refractivity contribution < 1.29 is 8.94 Å². The Bertz CT molecular complexity index is 389. The van der Waals surface area contributed by atoms with Crippen molar-refractivity contribution in [2.24, 2.45) is 0 Å². The molecule has 1 aromatic rings. The van der Waals surface area contributed by atoms with Crippen LogP contribution in [0.1, 0.15) is 44.9 Å². The molecule has 0 spiro atoms. The Labute approximate surface area is 106 Å². The van der Waals surface area contributed by atoms with Crippen molar-refractivity contribution in [1.29, 1.82) is 0 Å². The van der Waals surface area contributed by atoms with Crippen LogP contribution in [0.2, 0.25) is 0 Å². The summed E-state index contributed by atoms with van der Waals surface area (Å²) < 4.78 is 28.1. The van der Waals surface area contributed by atoms with Crippen LogP contribution in [0, 0.1) is 12.7 Å². The lowest BCUT2D eigenvalue weighted by atomic mass is 10.1. The van der Waals surface area contributed by atoms with Crippen LogP contribution in [0.5, 0.6) is 0 Å². The van der Waals surface area contributed by atoms with Gasteiger partial charge in [-0.3, -0.25) is 0 Å². The standard InChI is InChI=1S/C13H20FNOS/c1-9-6-7-12(14)11(8-9)10(2)15-17(16)13(3,4)5/h6-8,10,15H,1-5H3/t10-,17?/m0/s1. The van der Waals surface area contributed by atoms with Gasteiger partial charge in [0.15, 0.2) is 0 Å². The Balaban J connectivity index is 2.83. The summed E-state index contributed by atoms with van der Waals surface area (Å²) in [5.74, 6) is -0.262. The van der Waals surface area contributed by atoms with Gasteiger partial charge in [-0.05, 0) is 40.7 Å². The Kier molecular flexibility index (Phi) is 4.58. The van der Waals surface area contributed by atoms with Gasteiger partial charge in [0, 0.05) is 16.9 Å².